The summed E-state index contributed by atoms with van der Waals surface area (Å²) < 4.78 is 9.35. The van der Waals surface area contributed by atoms with Crippen LogP contribution in [0, 0.1) is 0 Å². The highest BCUT2D eigenvalue weighted by molar-refractivity contribution is 6.09. The van der Waals surface area contributed by atoms with E-state index in [0.717, 1.165) is 50.6 Å². The molecule has 354 valence electrons. The summed E-state index contributed by atoms with van der Waals surface area (Å²) >= 11 is 0. The fourth-order valence-electron chi connectivity index (χ4n) is 10.3. The van der Waals surface area contributed by atoms with Crippen molar-refractivity contribution in [2.75, 3.05) is 16.5 Å². The van der Waals surface area contributed by atoms with Gasteiger partial charge in [0, 0.05) is 40.5 Å². The second-order valence-corrected chi connectivity index (χ2v) is 22.4. The Kier molecular flexibility index (Phi) is 12.0. The van der Waals surface area contributed by atoms with Gasteiger partial charge in [0.05, 0.1) is 22.4 Å². The average Bonchev–Trinajstić information content (AvgIpc) is 3.89. The number of fused-ring (bicyclic) bond motifs is 4. The third-order valence-electron chi connectivity index (χ3n) is 14.3. The average molecular weight is 921 g/mol. The molecule has 0 bridgehead atoms. The molecule has 0 aliphatic carbocycles. The first kappa shape index (κ1) is 46.6. The molecule has 0 radical (unpaired) electrons. The quantitative estimate of drug-likeness (QED) is 0.137. The summed E-state index contributed by atoms with van der Waals surface area (Å²) in [7, 11) is 0. The van der Waals surface area contributed by atoms with E-state index in [2.05, 4.69) is 255 Å². The molecule has 0 fully saturated rings. The van der Waals surface area contributed by atoms with E-state index < -0.39 is 0 Å². The van der Waals surface area contributed by atoms with Crippen molar-refractivity contribution in [3.63, 3.8) is 0 Å². The third-order valence-corrected chi connectivity index (χ3v) is 14.3. The summed E-state index contributed by atoms with van der Waals surface area (Å²) in [4.78, 5) is 9.90. The number of anilines is 4. The molecule has 0 N–H and O–H groups in total. The highest BCUT2D eigenvalue weighted by atomic mass is 16.5. The van der Waals surface area contributed by atoms with Crippen molar-refractivity contribution in [2.24, 2.45) is 0 Å². The molecule has 2 aromatic heterocycles. The minimum absolute atomic E-state index is 0.0213. The molecule has 1 aliphatic heterocycles. The van der Waals surface area contributed by atoms with Crippen LogP contribution in [-0.4, -0.2) is 16.2 Å². The van der Waals surface area contributed by atoms with Crippen LogP contribution in [0.5, 0.6) is 11.5 Å². The van der Waals surface area contributed by atoms with Gasteiger partial charge >= 0.3 is 0 Å². The van der Waals surface area contributed by atoms with Gasteiger partial charge in [-0.1, -0.05) is 162 Å². The van der Waals surface area contributed by atoms with Crippen molar-refractivity contribution in [2.45, 2.75) is 112 Å². The van der Waals surface area contributed by atoms with E-state index in [9.17, 15) is 0 Å². The van der Waals surface area contributed by atoms with Gasteiger partial charge in [0.15, 0.2) is 0 Å². The SMILES string of the molecule is CC(C)c1cc(C(C)C)c(-c2cccc(N3CN(c4cc(Oc5ccc6c7ccccc7n(-c7cc(C(C)(C)C)ccn7)c6c5)cc(-c5ccccc5)c4)c4cc(C(C)(C)C)ccc43)c2)c(C(C)C)c1. The zero-order valence-corrected chi connectivity index (χ0v) is 43.2. The van der Waals surface area contributed by atoms with E-state index in [1.54, 1.807) is 0 Å². The van der Waals surface area contributed by atoms with E-state index in [1.807, 2.05) is 6.20 Å². The number of hydrogen-bond donors (Lipinski definition) is 0. The third kappa shape index (κ3) is 8.76. The molecule has 70 heavy (non-hydrogen) atoms. The van der Waals surface area contributed by atoms with Crippen LogP contribution in [0.3, 0.4) is 0 Å². The van der Waals surface area contributed by atoms with Gasteiger partial charge in [0.2, 0.25) is 0 Å². The van der Waals surface area contributed by atoms with Crippen LogP contribution in [0.25, 0.3) is 49.9 Å². The largest absolute Gasteiger partial charge is 0.457 e. The first-order valence-electron chi connectivity index (χ1n) is 25.3. The predicted molar refractivity (Wildman–Crippen MR) is 298 cm³/mol. The normalized spacial score (nSPS) is 13.1. The number of rotatable bonds is 10. The summed E-state index contributed by atoms with van der Waals surface area (Å²) in [6.07, 6.45) is 1.93. The van der Waals surface area contributed by atoms with E-state index >= 15 is 0 Å². The summed E-state index contributed by atoms with van der Waals surface area (Å²) in [5.41, 5.74) is 18.3. The number of para-hydroxylation sites is 1. The molecular weight excluding hydrogens is 853 g/mol. The van der Waals surface area contributed by atoms with Gasteiger partial charge in [-0.3, -0.25) is 4.57 Å². The molecular formula is C65H68N4O. The van der Waals surface area contributed by atoms with E-state index in [-0.39, 0.29) is 10.8 Å². The van der Waals surface area contributed by atoms with Gasteiger partial charge in [-0.25, -0.2) is 4.98 Å². The number of ether oxygens (including phenoxy) is 1. The second-order valence-electron chi connectivity index (χ2n) is 22.4. The molecule has 1 aliphatic rings. The Hall–Kier alpha value is -7.11. The Bertz CT molecular complexity index is 3370. The van der Waals surface area contributed by atoms with Gasteiger partial charge in [-0.15, -0.1) is 0 Å². The van der Waals surface area contributed by atoms with Gasteiger partial charge in [0.25, 0.3) is 0 Å². The Morgan fingerprint density at radius 3 is 1.81 bits per heavy atom. The highest BCUT2D eigenvalue weighted by Gasteiger charge is 2.31. The zero-order valence-electron chi connectivity index (χ0n) is 43.2. The van der Waals surface area contributed by atoms with E-state index in [0.29, 0.717) is 24.4 Å². The molecule has 0 spiro atoms. The molecule has 0 saturated heterocycles. The second kappa shape index (κ2) is 18.0. The minimum Gasteiger partial charge on any atom is -0.457 e. The molecule has 0 unspecified atom stereocenters. The van der Waals surface area contributed by atoms with Crippen LogP contribution in [-0.2, 0) is 10.8 Å². The van der Waals surface area contributed by atoms with Crippen LogP contribution in [0.2, 0.25) is 0 Å². The number of nitrogens with zero attached hydrogens (tertiary/aromatic N) is 4. The maximum absolute atomic E-state index is 7.07. The Balaban J connectivity index is 1.10. The van der Waals surface area contributed by atoms with Crippen LogP contribution in [0.1, 0.15) is 129 Å². The van der Waals surface area contributed by atoms with Gasteiger partial charge in [-0.05, 0) is 145 Å². The first-order chi connectivity index (χ1) is 33.4. The van der Waals surface area contributed by atoms with Crippen molar-refractivity contribution < 1.29 is 4.74 Å². The number of benzene rings is 7. The molecule has 5 heteroatoms. The Morgan fingerprint density at radius 1 is 0.471 bits per heavy atom. The number of hydrogen-bond acceptors (Lipinski definition) is 4. The monoisotopic (exact) mass is 921 g/mol. The number of aromatic nitrogens is 2. The Morgan fingerprint density at radius 2 is 1.11 bits per heavy atom. The number of pyridine rings is 1. The standard InChI is InChI=1S/C65H68N4O/c1-41(2)46-34-56(42(3)4)63(57(35-46)43(5)6)45-21-18-22-50(31-45)67-40-68(61-36-48(64(7,8)9)25-28-59(61)67)51-32-47(44-19-14-13-15-20-44)33-53(38-51)70-52-26-27-55-54-23-16-17-24-58(54)69(60(55)39-52)62-37-49(29-30-66-62)65(10,11)12/h13-39,41-43H,40H2,1-12H3. The summed E-state index contributed by atoms with van der Waals surface area (Å²) in [5.74, 6) is 3.66. The van der Waals surface area contributed by atoms with Crippen molar-refractivity contribution in [1.82, 2.24) is 9.55 Å². The van der Waals surface area contributed by atoms with Crippen LogP contribution >= 0.6 is 0 Å². The summed E-state index contributed by atoms with van der Waals surface area (Å²) in [5, 5.41) is 2.34. The van der Waals surface area contributed by atoms with Crippen LogP contribution in [0.4, 0.5) is 22.7 Å². The van der Waals surface area contributed by atoms with Gasteiger partial charge < -0.3 is 14.5 Å². The lowest BCUT2D eigenvalue weighted by molar-refractivity contribution is 0.483. The smallest absolute Gasteiger partial charge is 0.137 e. The summed E-state index contributed by atoms with van der Waals surface area (Å²) in [6.45, 7) is 28.2. The molecule has 10 rings (SSSR count). The molecule has 9 aromatic rings. The lowest BCUT2D eigenvalue weighted by Crippen LogP contribution is -2.24. The molecule has 0 saturated carbocycles. The maximum Gasteiger partial charge on any atom is 0.137 e. The molecule has 5 nitrogen and oxygen atoms in total. The topological polar surface area (TPSA) is 33.5 Å². The van der Waals surface area contributed by atoms with Crippen molar-refractivity contribution in [3.05, 3.63) is 192 Å². The van der Waals surface area contributed by atoms with E-state index in [4.69, 9.17) is 9.72 Å². The zero-order chi connectivity index (χ0) is 49.2. The van der Waals surface area contributed by atoms with Gasteiger partial charge in [0.1, 0.15) is 24.0 Å². The minimum atomic E-state index is -0.0401. The molecule has 3 heterocycles. The lowest BCUT2D eigenvalue weighted by atomic mass is 9.81. The van der Waals surface area contributed by atoms with Crippen molar-refractivity contribution in [3.8, 4) is 39.6 Å². The van der Waals surface area contributed by atoms with Crippen LogP contribution in [0.15, 0.2) is 164 Å². The summed E-state index contributed by atoms with van der Waals surface area (Å²) in [6, 6.07) is 58.1. The van der Waals surface area contributed by atoms with Gasteiger partial charge in [-0.2, -0.15) is 0 Å². The fraction of sp³-hybridized carbons (Fsp3) is 0.277. The van der Waals surface area contributed by atoms with Crippen LogP contribution < -0.4 is 14.5 Å². The maximum atomic E-state index is 7.07. The van der Waals surface area contributed by atoms with Crippen molar-refractivity contribution >= 4 is 44.6 Å². The molecule has 0 atom stereocenters. The molecule has 7 aromatic carbocycles. The molecule has 0 amide bonds. The fourth-order valence-corrected chi connectivity index (χ4v) is 10.3. The highest BCUT2D eigenvalue weighted by Crippen LogP contribution is 2.49. The van der Waals surface area contributed by atoms with E-state index in [1.165, 1.54) is 61.4 Å². The first-order valence-corrected chi connectivity index (χ1v) is 25.3. The predicted octanol–water partition coefficient (Wildman–Crippen LogP) is 18.5. The lowest BCUT2D eigenvalue weighted by Gasteiger charge is -2.26. The van der Waals surface area contributed by atoms with Crippen molar-refractivity contribution in [1.29, 1.82) is 0 Å². The Labute approximate surface area is 416 Å².